The molecule has 1 aromatic heterocycles. The lowest BCUT2D eigenvalue weighted by molar-refractivity contribution is 0.0476. The lowest BCUT2D eigenvalue weighted by Crippen LogP contribution is -2.12. The van der Waals surface area contributed by atoms with Crippen molar-refractivity contribution in [3.63, 3.8) is 0 Å². The molecule has 17 heavy (non-hydrogen) atoms. The van der Waals surface area contributed by atoms with E-state index >= 15 is 0 Å². The lowest BCUT2D eigenvalue weighted by Gasteiger charge is -2.02. The molecule has 1 heterocycles. The number of carbonyl (C=O) groups is 2. The van der Waals surface area contributed by atoms with Gasteiger partial charge in [0.15, 0.2) is 0 Å². The van der Waals surface area contributed by atoms with Gasteiger partial charge in [-0.1, -0.05) is 25.3 Å². The summed E-state index contributed by atoms with van der Waals surface area (Å²) in [4.78, 5) is 23.0. The summed E-state index contributed by atoms with van der Waals surface area (Å²) in [6.07, 6.45) is 4.05. The average Bonchev–Trinajstić information content (AvgIpc) is 2.82. The molecule has 0 atom stereocenters. The Morgan fingerprint density at radius 3 is 2.35 bits per heavy atom. The highest BCUT2D eigenvalue weighted by Gasteiger charge is 2.22. The van der Waals surface area contributed by atoms with Gasteiger partial charge in [0.2, 0.25) is 5.76 Å². The van der Waals surface area contributed by atoms with Gasteiger partial charge in [0.25, 0.3) is 0 Å². The highest BCUT2D eigenvalue weighted by Crippen LogP contribution is 2.13. The number of hydrogen-bond acceptors (Lipinski definition) is 5. The van der Waals surface area contributed by atoms with Crippen molar-refractivity contribution in [1.82, 2.24) is 0 Å². The van der Waals surface area contributed by atoms with Crippen LogP contribution < -0.4 is 0 Å². The van der Waals surface area contributed by atoms with Crippen molar-refractivity contribution in [3.05, 3.63) is 49.0 Å². The van der Waals surface area contributed by atoms with Crippen LogP contribution in [-0.4, -0.2) is 25.2 Å². The van der Waals surface area contributed by atoms with E-state index in [1.807, 2.05) is 0 Å². The number of ether oxygens (including phenoxy) is 2. The van der Waals surface area contributed by atoms with Crippen LogP contribution in [0.15, 0.2) is 42.1 Å². The predicted octanol–water partition coefficient (Wildman–Crippen LogP) is 1.97. The third-order valence-corrected chi connectivity index (χ3v) is 1.74. The van der Waals surface area contributed by atoms with Gasteiger partial charge in [-0.05, 0) is 6.07 Å². The second-order valence-corrected chi connectivity index (χ2v) is 2.94. The van der Waals surface area contributed by atoms with Crippen molar-refractivity contribution in [2.24, 2.45) is 0 Å². The summed E-state index contributed by atoms with van der Waals surface area (Å²) in [6, 6.07) is 1.34. The largest absolute Gasteiger partial charge is 0.458 e. The smallest absolute Gasteiger partial charge is 0.375 e. The average molecular weight is 236 g/mol. The van der Waals surface area contributed by atoms with Gasteiger partial charge in [-0.2, -0.15) is 0 Å². The van der Waals surface area contributed by atoms with Crippen LogP contribution in [0.25, 0.3) is 0 Å². The first kappa shape index (κ1) is 12.8. The molecule has 0 fully saturated rings. The summed E-state index contributed by atoms with van der Waals surface area (Å²) in [7, 11) is 0. The molecule has 0 unspecified atom stereocenters. The fraction of sp³-hybridized carbons (Fsp3) is 0.167. The van der Waals surface area contributed by atoms with E-state index in [1.165, 1.54) is 24.5 Å². The van der Waals surface area contributed by atoms with Crippen molar-refractivity contribution in [2.45, 2.75) is 0 Å². The van der Waals surface area contributed by atoms with Crippen LogP contribution in [0.5, 0.6) is 0 Å². The minimum Gasteiger partial charge on any atom is -0.458 e. The molecular weight excluding hydrogens is 224 g/mol. The van der Waals surface area contributed by atoms with Crippen molar-refractivity contribution in [1.29, 1.82) is 0 Å². The maximum Gasteiger partial charge on any atom is 0.375 e. The third kappa shape index (κ3) is 3.34. The van der Waals surface area contributed by atoms with Crippen LogP contribution in [0, 0.1) is 0 Å². The van der Waals surface area contributed by atoms with E-state index in [1.54, 1.807) is 0 Å². The molecule has 0 radical (unpaired) electrons. The Kier molecular flexibility index (Phi) is 4.75. The van der Waals surface area contributed by atoms with E-state index in [9.17, 15) is 9.59 Å². The molecule has 1 rings (SSSR count). The molecule has 0 aliphatic carbocycles. The van der Waals surface area contributed by atoms with Gasteiger partial charge < -0.3 is 13.9 Å². The molecule has 0 N–H and O–H groups in total. The summed E-state index contributed by atoms with van der Waals surface area (Å²) in [5.41, 5.74) is 0.0286. The maximum absolute atomic E-state index is 11.5. The zero-order chi connectivity index (χ0) is 12.7. The van der Waals surface area contributed by atoms with Crippen molar-refractivity contribution in [3.8, 4) is 0 Å². The minimum atomic E-state index is -0.736. The number of esters is 2. The SMILES string of the molecule is C=CCOC(=O)c1ccoc1C(=O)OCC=C. The van der Waals surface area contributed by atoms with Gasteiger partial charge >= 0.3 is 11.9 Å². The van der Waals surface area contributed by atoms with E-state index in [0.29, 0.717) is 0 Å². The summed E-state index contributed by atoms with van der Waals surface area (Å²) < 4.78 is 14.4. The molecule has 0 aliphatic rings. The van der Waals surface area contributed by atoms with Crippen molar-refractivity contribution >= 4 is 11.9 Å². The Bertz CT molecular complexity index is 391. The lowest BCUT2D eigenvalue weighted by atomic mass is 10.2. The van der Waals surface area contributed by atoms with E-state index in [0.717, 1.165) is 0 Å². The van der Waals surface area contributed by atoms with Crippen LogP contribution in [0.3, 0.4) is 0 Å². The first-order valence-electron chi connectivity index (χ1n) is 4.84. The zero-order valence-corrected chi connectivity index (χ0v) is 9.18. The molecule has 90 valence electrons. The van der Waals surface area contributed by atoms with Gasteiger partial charge in [-0.3, -0.25) is 0 Å². The summed E-state index contributed by atoms with van der Waals surface area (Å²) >= 11 is 0. The molecule has 0 spiro atoms. The fourth-order valence-electron chi connectivity index (χ4n) is 1.04. The van der Waals surface area contributed by atoms with E-state index in [-0.39, 0.29) is 24.5 Å². The van der Waals surface area contributed by atoms with Gasteiger partial charge in [-0.15, -0.1) is 0 Å². The normalized spacial score (nSPS) is 9.41. The Labute approximate surface area is 98.3 Å². The molecule has 0 amide bonds. The van der Waals surface area contributed by atoms with Gasteiger partial charge in [0, 0.05) is 0 Å². The van der Waals surface area contributed by atoms with E-state index < -0.39 is 11.9 Å². The Morgan fingerprint density at radius 2 is 1.76 bits per heavy atom. The highest BCUT2D eigenvalue weighted by molar-refractivity contribution is 6.01. The molecular formula is C12H12O5. The Morgan fingerprint density at radius 1 is 1.18 bits per heavy atom. The molecule has 0 aliphatic heterocycles. The van der Waals surface area contributed by atoms with E-state index in [4.69, 9.17) is 13.9 Å². The highest BCUT2D eigenvalue weighted by atomic mass is 16.5. The van der Waals surface area contributed by atoms with Crippen molar-refractivity contribution < 1.29 is 23.5 Å². The topological polar surface area (TPSA) is 65.7 Å². The van der Waals surface area contributed by atoms with Gasteiger partial charge in [-0.25, -0.2) is 9.59 Å². The molecule has 0 saturated carbocycles. The molecule has 5 heteroatoms. The molecule has 1 aromatic rings. The number of furan rings is 1. The van der Waals surface area contributed by atoms with Crippen molar-refractivity contribution in [2.75, 3.05) is 13.2 Å². The number of hydrogen-bond donors (Lipinski definition) is 0. The van der Waals surface area contributed by atoms with Gasteiger partial charge in [0.1, 0.15) is 18.8 Å². The van der Waals surface area contributed by atoms with E-state index in [2.05, 4.69) is 13.2 Å². The molecule has 5 nitrogen and oxygen atoms in total. The Balaban J connectivity index is 2.77. The Hall–Kier alpha value is -2.30. The minimum absolute atomic E-state index is 0.0286. The molecule has 0 saturated heterocycles. The summed E-state index contributed by atoms with van der Waals surface area (Å²) in [5.74, 6) is -1.58. The van der Waals surface area contributed by atoms with Crippen LogP contribution in [-0.2, 0) is 9.47 Å². The predicted molar refractivity (Wildman–Crippen MR) is 59.7 cm³/mol. The number of rotatable bonds is 6. The fourth-order valence-corrected chi connectivity index (χ4v) is 1.04. The molecule has 0 bridgehead atoms. The zero-order valence-electron chi connectivity index (χ0n) is 9.18. The number of carbonyl (C=O) groups excluding carboxylic acids is 2. The quantitative estimate of drug-likeness (QED) is 0.558. The second-order valence-electron chi connectivity index (χ2n) is 2.94. The standard InChI is InChI=1S/C12H12O5/c1-3-6-16-11(13)9-5-8-15-10(9)12(14)17-7-4-2/h3-5,8H,1-2,6-7H2. The van der Waals surface area contributed by atoms with Gasteiger partial charge in [0.05, 0.1) is 6.26 Å². The monoisotopic (exact) mass is 236 g/mol. The van der Waals surface area contributed by atoms with Crippen LogP contribution in [0.4, 0.5) is 0 Å². The van der Waals surface area contributed by atoms with Crippen LogP contribution in [0.1, 0.15) is 20.9 Å². The maximum atomic E-state index is 11.5. The molecule has 0 aromatic carbocycles. The summed E-state index contributed by atoms with van der Waals surface area (Å²) in [6.45, 7) is 6.91. The second kappa shape index (κ2) is 6.32. The summed E-state index contributed by atoms with van der Waals surface area (Å²) in [5, 5.41) is 0. The van der Waals surface area contributed by atoms with Crippen LogP contribution >= 0.6 is 0 Å². The van der Waals surface area contributed by atoms with Crippen LogP contribution in [0.2, 0.25) is 0 Å². The first-order chi connectivity index (χ1) is 8.20. The third-order valence-electron chi connectivity index (χ3n) is 1.74. The first-order valence-corrected chi connectivity index (χ1v) is 4.84.